The van der Waals surface area contributed by atoms with Crippen molar-refractivity contribution in [1.29, 1.82) is 0 Å². The number of aromatic nitrogens is 7. The third kappa shape index (κ3) is 3.08. The minimum atomic E-state index is -0.0359. The van der Waals surface area contributed by atoms with Crippen molar-refractivity contribution < 1.29 is 0 Å². The highest BCUT2D eigenvalue weighted by Gasteiger charge is 2.21. The van der Waals surface area contributed by atoms with Gasteiger partial charge in [0, 0.05) is 36.7 Å². The van der Waals surface area contributed by atoms with Crippen LogP contribution >= 0.6 is 0 Å². The molecule has 0 atom stereocenters. The summed E-state index contributed by atoms with van der Waals surface area (Å²) in [5, 5.41) is 5.30. The van der Waals surface area contributed by atoms with Crippen LogP contribution in [-0.4, -0.2) is 34.1 Å². The standard InChI is InChI=1S/C20H23N7O/c28-19-16-12-22-20-24-18(14-5-2-1-3-6-14)25-27(20)17(16)8-10-26(19)9-4-7-15-11-21-13-23-15/h8,10-14H,1-7,9H2,(H,21,23). The van der Waals surface area contributed by atoms with Crippen LogP contribution in [0.4, 0.5) is 0 Å². The minimum Gasteiger partial charge on any atom is -0.348 e. The molecule has 4 heterocycles. The Balaban J connectivity index is 1.45. The fraction of sp³-hybridized carbons (Fsp3) is 0.450. The molecule has 0 amide bonds. The van der Waals surface area contributed by atoms with Gasteiger partial charge in [-0.3, -0.25) is 4.79 Å². The lowest BCUT2D eigenvalue weighted by Gasteiger charge is -2.17. The van der Waals surface area contributed by atoms with Crippen LogP contribution in [0.5, 0.6) is 0 Å². The van der Waals surface area contributed by atoms with E-state index in [4.69, 9.17) is 5.10 Å². The first-order valence-corrected chi connectivity index (χ1v) is 10.0. The van der Waals surface area contributed by atoms with Crippen LogP contribution in [-0.2, 0) is 13.0 Å². The monoisotopic (exact) mass is 377 g/mol. The van der Waals surface area contributed by atoms with Crippen LogP contribution in [0, 0.1) is 0 Å². The van der Waals surface area contributed by atoms with Crippen LogP contribution in [0.15, 0.2) is 35.8 Å². The normalized spacial score (nSPS) is 15.6. The quantitative estimate of drug-likeness (QED) is 0.577. The predicted octanol–water partition coefficient (Wildman–Crippen LogP) is 2.84. The Morgan fingerprint density at radius 1 is 1.18 bits per heavy atom. The molecule has 0 radical (unpaired) electrons. The lowest BCUT2D eigenvalue weighted by molar-refractivity contribution is 0.429. The fourth-order valence-corrected chi connectivity index (χ4v) is 4.15. The molecule has 0 bridgehead atoms. The molecule has 0 aromatic carbocycles. The SMILES string of the molecule is O=c1c2cnc3nc(C4CCCCC4)nn3c2ccn1CCCc1cnc[nH]1. The number of fused-ring (bicyclic) bond motifs is 3. The van der Waals surface area contributed by atoms with Crippen molar-refractivity contribution in [3.05, 3.63) is 52.9 Å². The van der Waals surface area contributed by atoms with E-state index in [1.807, 2.05) is 18.5 Å². The summed E-state index contributed by atoms with van der Waals surface area (Å²) >= 11 is 0. The van der Waals surface area contributed by atoms with Crippen molar-refractivity contribution in [2.75, 3.05) is 0 Å². The molecule has 0 aliphatic heterocycles. The zero-order chi connectivity index (χ0) is 18.9. The van der Waals surface area contributed by atoms with Gasteiger partial charge in [0.1, 0.15) is 0 Å². The zero-order valence-corrected chi connectivity index (χ0v) is 15.7. The molecule has 5 rings (SSSR count). The molecule has 1 aliphatic carbocycles. The summed E-state index contributed by atoms with van der Waals surface area (Å²) in [5.41, 5.74) is 1.82. The summed E-state index contributed by atoms with van der Waals surface area (Å²) in [6.07, 6.45) is 14.7. The van der Waals surface area contributed by atoms with Gasteiger partial charge in [-0.05, 0) is 31.7 Å². The van der Waals surface area contributed by atoms with Gasteiger partial charge in [-0.15, -0.1) is 5.10 Å². The first kappa shape index (κ1) is 17.1. The largest absolute Gasteiger partial charge is 0.348 e. The fourth-order valence-electron chi connectivity index (χ4n) is 4.15. The Morgan fingerprint density at radius 2 is 2.07 bits per heavy atom. The molecule has 1 aliphatic rings. The highest BCUT2D eigenvalue weighted by molar-refractivity contribution is 5.78. The molecular weight excluding hydrogens is 354 g/mol. The van der Waals surface area contributed by atoms with Crippen molar-refractivity contribution >= 4 is 16.7 Å². The molecule has 0 unspecified atom stereocenters. The number of H-pyrrole nitrogens is 1. The Morgan fingerprint density at radius 3 is 2.89 bits per heavy atom. The summed E-state index contributed by atoms with van der Waals surface area (Å²) in [5.74, 6) is 1.85. The molecule has 1 saturated carbocycles. The molecule has 144 valence electrons. The topological polar surface area (TPSA) is 93.8 Å². The minimum absolute atomic E-state index is 0.0359. The maximum absolute atomic E-state index is 12.9. The van der Waals surface area contributed by atoms with Crippen molar-refractivity contribution in [1.82, 2.24) is 34.1 Å². The molecular formula is C20H23N7O. The Bertz CT molecular complexity index is 1150. The molecule has 0 spiro atoms. The number of hydrogen-bond acceptors (Lipinski definition) is 5. The van der Waals surface area contributed by atoms with Crippen molar-refractivity contribution in [2.24, 2.45) is 0 Å². The molecule has 0 saturated heterocycles. The number of nitrogens with one attached hydrogen (secondary N) is 1. The van der Waals surface area contributed by atoms with Crippen LogP contribution in [0.2, 0.25) is 0 Å². The number of imidazole rings is 1. The molecule has 8 nitrogen and oxygen atoms in total. The second kappa shape index (κ2) is 7.18. The van der Waals surface area contributed by atoms with Gasteiger partial charge in [0.25, 0.3) is 11.3 Å². The first-order valence-electron chi connectivity index (χ1n) is 10.0. The van der Waals surface area contributed by atoms with E-state index in [1.54, 1.807) is 21.6 Å². The number of aryl methyl sites for hydroxylation is 2. The number of nitrogens with zero attached hydrogens (tertiary/aromatic N) is 6. The highest BCUT2D eigenvalue weighted by atomic mass is 16.1. The summed E-state index contributed by atoms with van der Waals surface area (Å²) in [4.78, 5) is 29.1. The molecule has 4 aromatic rings. The van der Waals surface area contributed by atoms with E-state index in [0.717, 1.165) is 42.7 Å². The summed E-state index contributed by atoms with van der Waals surface area (Å²) < 4.78 is 3.47. The third-order valence-electron chi connectivity index (χ3n) is 5.69. The van der Waals surface area contributed by atoms with E-state index in [1.165, 1.54) is 19.3 Å². The summed E-state index contributed by atoms with van der Waals surface area (Å²) in [6.45, 7) is 0.649. The second-order valence-electron chi connectivity index (χ2n) is 7.57. The summed E-state index contributed by atoms with van der Waals surface area (Å²) in [6, 6.07) is 1.95. The van der Waals surface area contributed by atoms with Crippen LogP contribution in [0.1, 0.15) is 56.0 Å². The zero-order valence-electron chi connectivity index (χ0n) is 15.7. The van der Waals surface area contributed by atoms with Crippen LogP contribution in [0.25, 0.3) is 16.7 Å². The van der Waals surface area contributed by atoms with Crippen molar-refractivity contribution in [3.63, 3.8) is 0 Å². The van der Waals surface area contributed by atoms with Gasteiger partial charge in [0.2, 0.25) is 0 Å². The van der Waals surface area contributed by atoms with E-state index in [0.29, 0.717) is 23.6 Å². The maximum Gasteiger partial charge on any atom is 0.261 e. The van der Waals surface area contributed by atoms with Gasteiger partial charge < -0.3 is 9.55 Å². The smallest absolute Gasteiger partial charge is 0.261 e. The van der Waals surface area contributed by atoms with Gasteiger partial charge in [0.05, 0.1) is 17.2 Å². The molecule has 1 N–H and O–H groups in total. The maximum atomic E-state index is 12.9. The van der Waals surface area contributed by atoms with E-state index < -0.39 is 0 Å². The first-order chi connectivity index (χ1) is 13.8. The molecule has 8 heteroatoms. The number of aromatic amines is 1. The Hall–Kier alpha value is -3.03. The highest BCUT2D eigenvalue weighted by Crippen LogP contribution is 2.31. The van der Waals surface area contributed by atoms with E-state index in [9.17, 15) is 4.79 Å². The van der Waals surface area contributed by atoms with Gasteiger partial charge in [-0.1, -0.05) is 19.3 Å². The van der Waals surface area contributed by atoms with Crippen molar-refractivity contribution in [3.8, 4) is 0 Å². The Labute approximate surface area is 161 Å². The van der Waals surface area contributed by atoms with Gasteiger partial charge >= 0.3 is 0 Å². The Kier molecular flexibility index (Phi) is 4.38. The lowest BCUT2D eigenvalue weighted by Crippen LogP contribution is -2.21. The predicted molar refractivity (Wildman–Crippen MR) is 105 cm³/mol. The van der Waals surface area contributed by atoms with Gasteiger partial charge in [-0.25, -0.2) is 9.97 Å². The van der Waals surface area contributed by atoms with E-state index in [2.05, 4.69) is 19.9 Å². The number of rotatable bonds is 5. The molecule has 4 aromatic heterocycles. The van der Waals surface area contributed by atoms with Crippen molar-refractivity contribution in [2.45, 2.75) is 57.4 Å². The van der Waals surface area contributed by atoms with E-state index in [-0.39, 0.29) is 5.56 Å². The average Bonchev–Trinajstić information content (AvgIpc) is 3.40. The second-order valence-corrected chi connectivity index (χ2v) is 7.57. The van der Waals surface area contributed by atoms with Crippen LogP contribution in [0.3, 0.4) is 0 Å². The summed E-state index contributed by atoms with van der Waals surface area (Å²) in [7, 11) is 0. The van der Waals surface area contributed by atoms with E-state index >= 15 is 0 Å². The third-order valence-corrected chi connectivity index (χ3v) is 5.69. The lowest BCUT2D eigenvalue weighted by atomic mass is 9.89. The molecule has 1 fully saturated rings. The number of pyridine rings is 1. The molecule has 28 heavy (non-hydrogen) atoms. The van der Waals surface area contributed by atoms with Gasteiger partial charge in [0.15, 0.2) is 5.82 Å². The number of hydrogen-bond donors (Lipinski definition) is 1. The average molecular weight is 377 g/mol. The van der Waals surface area contributed by atoms with Crippen LogP contribution < -0.4 is 5.56 Å². The van der Waals surface area contributed by atoms with Gasteiger partial charge in [-0.2, -0.15) is 9.50 Å².